The highest BCUT2D eigenvalue weighted by Crippen LogP contribution is 2.20. The van der Waals surface area contributed by atoms with Crippen LogP contribution < -0.4 is 10.6 Å². The molecule has 0 saturated carbocycles. The number of amides is 2. The fourth-order valence-corrected chi connectivity index (χ4v) is 3.33. The minimum Gasteiger partial charge on any atom is -0.343 e. The molecule has 2 aromatic carbocycles. The van der Waals surface area contributed by atoms with Crippen molar-refractivity contribution in [3.05, 3.63) is 65.7 Å². The smallest absolute Gasteiger partial charge is 0.271 e. The van der Waals surface area contributed by atoms with Gasteiger partial charge >= 0.3 is 0 Å². The molecule has 6 nitrogen and oxygen atoms in total. The lowest BCUT2D eigenvalue weighted by Gasteiger charge is -2.30. The van der Waals surface area contributed by atoms with Gasteiger partial charge in [-0.2, -0.15) is 4.99 Å². The molecule has 0 radical (unpaired) electrons. The SMILES string of the molecule is O=C(CC1NC(N2CCc3ccccc3C2)=NC1=O)Nc1ccccc1. The van der Waals surface area contributed by atoms with Crippen LogP contribution in [0.1, 0.15) is 17.5 Å². The number of carbonyl (C=O) groups excluding carboxylic acids is 2. The Bertz CT molecular complexity index is 863. The molecule has 2 amide bonds. The minimum absolute atomic E-state index is 0.0607. The molecular formula is C20H20N4O2. The number of fused-ring (bicyclic) bond motifs is 1. The van der Waals surface area contributed by atoms with Crippen LogP contribution in [0.5, 0.6) is 0 Å². The van der Waals surface area contributed by atoms with Gasteiger partial charge in [-0.15, -0.1) is 0 Å². The first kappa shape index (κ1) is 16.3. The quantitative estimate of drug-likeness (QED) is 0.889. The summed E-state index contributed by atoms with van der Waals surface area (Å²) in [5, 5.41) is 5.92. The predicted octanol–water partition coefficient (Wildman–Crippen LogP) is 1.93. The van der Waals surface area contributed by atoms with Crippen molar-refractivity contribution >= 4 is 23.5 Å². The molecule has 0 fully saturated rings. The molecule has 2 aliphatic rings. The van der Waals surface area contributed by atoms with E-state index in [2.05, 4.69) is 32.7 Å². The number of guanidine groups is 1. The lowest BCUT2D eigenvalue weighted by atomic mass is 10.0. The Kier molecular flexibility index (Phi) is 4.39. The standard InChI is InChI=1S/C20H20N4O2/c25-18(21-16-8-2-1-3-9-16)12-17-19(26)23-20(22-17)24-11-10-14-6-4-5-7-15(14)13-24/h1-9,17H,10-13H2,(H,21,25)(H,22,23,26). The van der Waals surface area contributed by atoms with E-state index >= 15 is 0 Å². The molecule has 2 heterocycles. The van der Waals surface area contributed by atoms with Crippen molar-refractivity contribution in [2.45, 2.75) is 25.4 Å². The van der Waals surface area contributed by atoms with E-state index in [-0.39, 0.29) is 18.2 Å². The number of aliphatic imine (C=N–C) groups is 1. The van der Waals surface area contributed by atoms with Crippen molar-refractivity contribution in [3.8, 4) is 0 Å². The number of carbonyl (C=O) groups is 2. The van der Waals surface area contributed by atoms with E-state index in [4.69, 9.17) is 0 Å². The zero-order chi connectivity index (χ0) is 17.9. The van der Waals surface area contributed by atoms with E-state index in [0.717, 1.165) is 25.2 Å². The second-order valence-corrected chi connectivity index (χ2v) is 6.53. The Labute approximate surface area is 151 Å². The number of para-hydroxylation sites is 1. The first-order valence-corrected chi connectivity index (χ1v) is 8.75. The highest BCUT2D eigenvalue weighted by Gasteiger charge is 2.32. The summed E-state index contributed by atoms with van der Waals surface area (Å²) < 4.78 is 0. The zero-order valence-corrected chi connectivity index (χ0v) is 14.3. The summed E-state index contributed by atoms with van der Waals surface area (Å²) in [7, 11) is 0. The Morgan fingerprint density at radius 3 is 2.65 bits per heavy atom. The van der Waals surface area contributed by atoms with Gasteiger partial charge in [0.05, 0.1) is 6.42 Å². The molecular weight excluding hydrogens is 328 g/mol. The van der Waals surface area contributed by atoms with Gasteiger partial charge < -0.3 is 15.5 Å². The summed E-state index contributed by atoms with van der Waals surface area (Å²) in [5.41, 5.74) is 3.31. The van der Waals surface area contributed by atoms with Crippen molar-refractivity contribution in [1.82, 2.24) is 10.2 Å². The van der Waals surface area contributed by atoms with E-state index < -0.39 is 6.04 Å². The van der Waals surface area contributed by atoms with Crippen molar-refractivity contribution in [2.75, 3.05) is 11.9 Å². The number of benzene rings is 2. The summed E-state index contributed by atoms with van der Waals surface area (Å²) in [4.78, 5) is 30.6. The maximum Gasteiger partial charge on any atom is 0.271 e. The Morgan fingerprint density at radius 2 is 1.85 bits per heavy atom. The number of nitrogens with one attached hydrogen (secondary N) is 2. The molecule has 0 saturated heterocycles. The second kappa shape index (κ2) is 7.00. The molecule has 0 bridgehead atoms. The normalized spacial score (nSPS) is 18.8. The van der Waals surface area contributed by atoms with Gasteiger partial charge in [-0.05, 0) is 29.7 Å². The van der Waals surface area contributed by atoms with Crippen molar-refractivity contribution in [3.63, 3.8) is 0 Å². The highest BCUT2D eigenvalue weighted by atomic mass is 16.2. The largest absolute Gasteiger partial charge is 0.343 e. The van der Waals surface area contributed by atoms with Gasteiger partial charge in [-0.1, -0.05) is 42.5 Å². The topological polar surface area (TPSA) is 73.8 Å². The molecule has 132 valence electrons. The van der Waals surface area contributed by atoms with Gasteiger partial charge in [0.15, 0.2) is 0 Å². The van der Waals surface area contributed by atoms with E-state index in [1.54, 1.807) is 0 Å². The molecule has 0 aliphatic carbocycles. The third kappa shape index (κ3) is 3.44. The van der Waals surface area contributed by atoms with E-state index in [1.165, 1.54) is 11.1 Å². The summed E-state index contributed by atoms with van der Waals surface area (Å²) in [5.74, 6) is 0.0755. The first-order valence-electron chi connectivity index (χ1n) is 8.75. The van der Waals surface area contributed by atoms with Crippen molar-refractivity contribution in [1.29, 1.82) is 0 Å². The molecule has 6 heteroatoms. The number of rotatable bonds is 3. The molecule has 2 N–H and O–H groups in total. The van der Waals surface area contributed by atoms with E-state index in [0.29, 0.717) is 5.96 Å². The van der Waals surface area contributed by atoms with Crippen LogP contribution in [-0.4, -0.2) is 35.3 Å². The van der Waals surface area contributed by atoms with Gasteiger partial charge in [-0.3, -0.25) is 9.59 Å². The minimum atomic E-state index is -0.606. The zero-order valence-electron chi connectivity index (χ0n) is 14.3. The van der Waals surface area contributed by atoms with Gasteiger partial charge in [0.2, 0.25) is 11.9 Å². The van der Waals surface area contributed by atoms with Crippen LogP contribution in [0, 0.1) is 0 Å². The average Bonchev–Trinajstić information content (AvgIpc) is 3.02. The van der Waals surface area contributed by atoms with Gasteiger partial charge in [0.1, 0.15) is 6.04 Å². The number of anilines is 1. The van der Waals surface area contributed by atoms with Gasteiger partial charge in [0.25, 0.3) is 5.91 Å². The van der Waals surface area contributed by atoms with E-state index in [9.17, 15) is 9.59 Å². The van der Waals surface area contributed by atoms with Gasteiger partial charge in [0, 0.05) is 18.8 Å². The first-order chi connectivity index (χ1) is 12.7. The highest BCUT2D eigenvalue weighted by molar-refractivity contribution is 6.05. The molecule has 2 aliphatic heterocycles. The van der Waals surface area contributed by atoms with Crippen LogP contribution in [0.2, 0.25) is 0 Å². The monoisotopic (exact) mass is 348 g/mol. The van der Waals surface area contributed by atoms with Crippen LogP contribution in [0.25, 0.3) is 0 Å². The molecule has 4 rings (SSSR count). The van der Waals surface area contributed by atoms with Crippen LogP contribution in [0.15, 0.2) is 59.6 Å². The molecule has 2 aromatic rings. The maximum atomic E-state index is 12.2. The van der Waals surface area contributed by atoms with Crippen molar-refractivity contribution in [2.24, 2.45) is 4.99 Å². The average molecular weight is 348 g/mol. The Hall–Kier alpha value is -3.15. The fraction of sp³-hybridized carbons (Fsp3) is 0.250. The predicted molar refractivity (Wildman–Crippen MR) is 99.6 cm³/mol. The van der Waals surface area contributed by atoms with Crippen LogP contribution in [-0.2, 0) is 22.6 Å². The molecule has 1 atom stereocenters. The van der Waals surface area contributed by atoms with Crippen LogP contribution in [0.4, 0.5) is 5.69 Å². The number of hydrogen-bond donors (Lipinski definition) is 2. The summed E-state index contributed by atoms with van der Waals surface area (Å²) >= 11 is 0. The molecule has 26 heavy (non-hydrogen) atoms. The summed E-state index contributed by atoms with van der Waals surface area (Å²) in [6, 6.07) is 16.9. The Balaban J connectivity index is 1.36. The Morgan fingerprint density at radius 1 is 1.12 bits per heavy atom. The fourth-order valence-electron chi connectivity index (χ4n) is 3.33. The van der Waals surface area contributed by atoms with Crippen molar-refractivity contribution < 1.29 is 9.59 Å². The summed E-state index contributed by atoms with van der Waals surface area (Å²) in [6.07, 6.45) is 0.982. The maximum absolute atomic E-state index is 12.2. The second-order valence-electron chi connectivity index (χ2n) is 6.53. The van der Waals surface area contributed by atoms with E-state index in [1.807, 2.05) is 42.5 Å². The molecule has 0 spiro atoms. The third-order valence-corrected chi connectivity index (χ3v) is 4.69. The van der Waals surface area contributed by atoms with Gasteiger partial charge in [-0.25, -0.2) is 0 Å². The lowest BCUT2D eigenvalue weighted by Crippen LogP contribution is -2.45. The number of hydrogen-bond acceptors (Lipinski definition) is 4. The summed E-state index contributed by atoms with van der Waals surface area (Å²) in [6.45, 7) is 1.53. The molecule has 0 aromatic heterocycles. The van der Waals surface area contributed by atoms with Crippen LogP contribution >= 0.6 is 0 Å². The van der Waals surface area contributed by atoms with Crippen LogP contribution in [0.3, 0.4) is 0 Å². The number of nitrogens with zero attached hydrogens (tertiary/aromatic N) is 2. The molecule has 1 unspecified atom stereocenters. The lowest BCUT2D eigenvalue weighted by molar-refractivity contribution is -0.123. The third-order valence-electron chi connectivity index (χ3n) is 4.69.